The van der Waals surface area contributed by atoms with Crippen molar-refractivity contribution in [2.45, 2.75) is 43.6 Å². The fraction of sp³-hybridized carbons (Fsp3) is 0.941. The molecule has 10 heteroatoms. The van der Waals surface area contributed by atoms with Gasteiger partial charge in [0.25, 0.3) is 0 Å². The average Bonchev–Trinajstić information content (AvgIpc) is 2.26. The molecule has 0 saturated carbocycles. The summed E-state index contributed by atoms with van der Waals surface area (Å²) in [5.41, 5.74) is 0. The molecule has 0 bridgehead atoms. The van der Waals surface area contributed by atoms with Crippen LogP contribution in [-0.4, -0.2) is 82.7 Å². The van der Waals surface area contributed by atoms with Gasteiger partial charge < -0.3 is 9.53 Å². The van der Waals surface area contributed by atoms with Gasteiger partial charge in [0, 0.05) is 50.0 Å². The summed E-state index contributed by atoms with van der Waals surface area (Å²) in [6.07, 6.45) is 13.8. The van der Waals surface area contributed by atoms with E-state index in [1.54, 1.807) is 60.1 Å². The molecule has 180 valence electrons. The molecular weight excluding hydrogens is 445 g/mol. The van der Waals surface area contributed by atoms with Crippen molar-refractivity contribution in [3.8, 4) is 0 Å². The van der Waals surface area contributed by atoms with E-state index in [-0.39, 0.29) is 35.5 Å². The second-order valence-electron chi connectivity index (χ2n) is 3.94. The molecule has 27 heavy (non-hydrogen) atoms. The van der Waals surface area contributed by atoms with Crippen LogP contribution in [0.25, 0.3) is 0 Å². The number of hydrogen-bond donors (Lipinski definition) is 0. The molecule has 0 unspecified atom stereocenters. The van der Waals surface area contributed by atoms with Gasteiger partial charge in [-0.05, 0) is 38.9 Å². The van der Waals surface area contributed by atoms with Crippen molar-refractivity contribution in [1.82, 2.24) is 0 Å². The van der Waals surface area contributed by atoms with Crippen LogP contribution >= 0.6 is 33.3 Å². The van der Waals surface area contributed by atoms with Crippen LogP contribution in [0.4, 0.5) is 0 Å². The predicted molar refractivity (Wildman–Crippen MR) is 143 cm³/mol. The summed E-state index contributed by atoms with van der Waals surface area (Å²) in [5.74, 6) is 0.167. The first-order chi connectivity index (χ1) is 10.2. The zero-order chi connectivity index (χ0) is 20.5. The Labute approximate surface area is 189 Å². The van der Waals surface area contributed by atoms with Crippen molar-refractivity contribution in [2.75, 3.05) is 64.3 Å². The molecule has 0 saturated heterocycles. The van der Waals surface area contributed by atoms with E-state index in [9.17, 15) is 17.4 Å². The Morgan fingerprint density at radius 2 is 0.852 bits per heavy atom. The van der Waals surface area contributed by atoms with E-state index in [1.165, 1.54) is 13.8 Å². The molecule has 0 aliphatic rings. The van der Waals surface area contributed by atoms with E-state index in [2.05, 4.69) is 17.2 Å². The van der Waals surface area contributed by atoms with Gasteiger partial charge in [-0.1, -0.05) is 51.3 Å². The molecule has 5 nitrogen and oxygen atoms in total. The van der Waals surface area contributed by atoms with Crippen LogP contribution in [-0.2, 0) is 30.2 Å². The van der Waals surface area contributed by atoms with E-state index >= 15 is 0 Å². The quantitative estimate of drug-likeness (QED) is 0.430. The number of carbonyl (C=O) groups excluding carboxylic acids is 1. The summed E-state index contributed by atoms with van der Waals surface area (Å²) < 4.78 is 33.1. The largest absolute Gasteiger partial charge is 0.388 e. The van der Waals surface area contributed by atoms with E-state index in [1.807, 2.05) is 12.5 Å². The van der Waals surface area contributed by atoms with E-state index in [0.717, 1.165) is 12.5 Å². The van der Waals surface area contributed by atoms with Crippen LogP contribution in [0.2, 0.25) is 0 Å². The lowest BCUT2D eigenvalue weighted by atomic mass is 10.6. The minimum absolute atomic E-state index is 0. The number of sulfone groups is 1. The molecule has 0 spiro atoms. The fourth-order valence-electron chi connectivity index (χ4n) is 0. The Morgan fingerprint density at radius 1 is 0.815 bits per heavy atom. The smallest absolute Gasteiger partial charge is 0.144 e. The molecule has 0 heterocycles. The number of hydrogen-bond acceptors (Lipinski definition) is 8. The third kappa shape index (κ3) is 5190. The second-order valence-corrected chi connectivity index (χ2v) is 11.2. The first kappa shape index (κ1) is 63.0. The minimum atomic E-state index is -2.67. The summed E-state index contributed by atoms with van der Waals surface area (Å²) in [5, 5.41) is 0. The molecule has 0 fully saturated rings. The average molecular weight is 497 g/mol. The lowest BCUT2D eigenvalue weighted by molar-refractivity contribution is -0.115. The Balaban J connectivity index is -0.0000000157. The number of rotatable bonds is 1. The minimum Gasteiger partial charge on any atom is -0.388 e. The molecule has 0 N–H and O–H groups in total. The Hall–Kier alpha value is 0.780. The third-order valence-corrected chi connectivity index (χ3v) is 1.50. The fourth-order valence-corrected chi connectivity index (χ4v) is 0. The molecule has 0 radical (unpaired) electrons. The summed E-state index contributed by atoms with van der Waals surface area (Å²) >= 11 is 1.75. The van der Waals surface area contributed by atoms with Gasteiger partial charge in [0.1, 0.15) is 15.6 Å². The molecule has 0 aromatic rings. The van der Waals surface area contributed by atoms with Crippen molar-refractivity contribution >= 4 is 59.8 Å². The van der Waals surface area contributed by atoms with Crippen molar-refractivity contribution in [1.29, 1.82) is 0 Å². The van der Waals surface area contributed by atoms with Gasteiger partial charge in [0.05, 0.1) is 0 Å². The number of ether oxygens (including phenoxy) is 1. The number of Topliss-reactive ketones (excluding diaryl/α,β-unsaturated/α-hetero) is 1. The normalized spacial score (nSPS) is 6.85. The first-order valence-electron chi connectivity index (χ1n) is 5.95. The molecule has 0 aliphatic carbocycles. The van der Waals surface area contributed by atoms with Crippen molar-refractivity contribution in [3.05, 3.63) is 0 Å². The molecule has 0 aliphatic heterocycles. The maximum absolute atomic E-state index is 9.63. The molecule has 0 amide bonds. The maximum Gasteiger partial charge on any atom is 0.144 e. The monoisotopic (exact) mass is 496 g/mol. The second kappa shape index (κ2) is 63.2. The number of carbonyl (C=O) groups is 1. The van der Waals surface area contributed by atoms with Crippen LogP contribution in [0, 0.1) is 0 Å². The molecule has 0 rings (SSSR count). The number of methoxy groups -OCH3 is 1. The van der Waals surface area contributed by atoms with E-state index < -0.39 is 20.6 Å². The Morgan fingerprint density at radius 3 is 0.852 bits per heavy atom. The predicted octanol–water partition coefficient (Wildman–Crippen LogP) is 5.66. The summed E-state index contributed by atoms with van der Waals surface area (Å²) in [4.78, 5) is 9.44. The summed E-state index contributed by atoms with van der Waals surface area (Å²) in [6.45, 7) is 3.06. The summed E-state index contributed by atoms with van der Waals surface area (Å²) in [7, 11) is 3.52. The van der Waals surface area contributed by atoms with Gasteiger partial charge in [0.2, 0.25) is 0 Å². The lowest BCUT2D eigenvalue weighted by Crippen LogP contribution is -1.86. The molecule has 0 aromatic carbocycles. The highest BCUT2D eigenvalue weighted by Gasteiger charge is 1.79. The maximum atomic E-state index is 9.63. The highest BCUT2D eigenvalue weighted by Crippen LogP contribution is 2.09. The van der Waals surface area contributed by atoms with E-state index in [4.69, 9.17) is 0 Å². The van der Waals surface area contributed by atoms with Crippen LogP contribution in [0.15, 0.2) is 0 Å². The van der Waals surface area contributed by atoms with Gasteiger partial charge in [-0.15, -0.1) is 0 Å². The Kier molecular flexibility index (Phi) is 148. The Bertz CT molecular complexity index is 277. The summed E-state index contributed by atoms with van der Waals surface area (Å²) in [6, 6.07) is 0. The SMILES string of the molecule is C.C.C.C.CC(C)=O.COC.CS(C)(=O)=O.CS(C)=O.CSC.CSSC. The third-order valence-electron chi connectivity index (χ3n) is 0.167. The molecular formula is C17H52O5S5. The van der Waals surface area contributed by atoms with Crippen molar-refractivity contribution in [2.24, 2.45) is 0 Å². The topological polar surface area (TPSA) is 77.5 Å². The number of ketones is 1. The van der Waals surface area contributed by atoms with E-state index in [0.29, 0.717) is 0 Å². The first-order valence-corrected chi connectivity index (χ1v) is 14.8. The van der Waals surface area contributed by atoms with Gasteiger partial charge in [-0.2, -0.15) is 11.8 Å². The molecule has 0 aromatic heterocycles. The van der Waals surface area contributed by atoms with Gasteiger partial charge in [-0.3, -0.25) is 4.21 Å². The van der Waals surface area contributed by atoms with Crippen LogP contribution in [0.5, 0.6) is 0 Å². The van der Waals surface area contributed by atoms with Crippen LogP contribution in [0.1, 0.15) is 43.6 Å². The zero-order valence-corrected chi connectivity index (χ0v) is 20.7. The lowest BCUT2D eigenvalue weighted by Gasteiger charge is -1.69. The standard InChI is InChI=1S/C3H6O.C2H6O2S.C2H6OS.C2H6O.C2H6S2.C2H6S.4CH4/c1-3(2)4;1-5(2,3)4;1-4(2)3;1-3-2;1-3-4-2;1-3-2;;;;/h1-2H3;1-2H3;1-2H3;1-2H3;1-2H3;1-2H3;4*1H4. The van der Waals surface area contributed by atoms with Crippen LogP contribution < -0.4 is 0 Å². The van der Waals surface area contributed by atoms with Crippen molar-refractivity contribution in [3.63, 3.8) is 0 Å². The molecule has 0 atom stereocenters. The zero-order valence-electron chi connectivity index (χ0n) is 16.6. The van der Waals surface area contributed by atoms with Gasteiger partial charge in [-0.25, -0.2) is 8.42 Å². The van der Waals surface area contributed by atoms with Gasteiger partial charge >= 0.3 is 0 Å². The number of thioether (sulfide) groups is 1. The highest BCUT2D eigenvalue weighted by molar-refractivity contribution is 8.76. The van der Waals surface area contributed by atoms with Crippen LogP contribution in [0.3, 0.4) is 0 Å². The van der Waals surface area contributed by atoms with Crippen molar-refractivity contribution < 1.29 is 22.2 Å². The highest BCUT2D eigenvalue weighted by atomic mass is 33.1. The van der Waals surface area contributed by atoms with Gasteiger partial charge in [0.15, 0.2) is 0 Å².